The molecule has 1 fully saturated rings. The minimum Gasteiger partial charge on any atom is -0.481 e. The summed E-state index contributed by atoms with van der Waals surface area (Å²) in [5.41, 5.74) is 1.27. The summed E-state index contributed by atoms with van der Waals surface area (Å²) in [5, 5.41) is 17.2. The molecule has 2 aromatic heterocycles. The highest BCUT2D eigenvalue weighted by Gasteiger charge is 2.27. The first-order valence-corrected chi connectivity index (χ1v) is 8.32. The Morgan fingerprint density at radius 1 is 1.25 bits per heavy atom. The van der Waals surface area contributed by atoms with E-state index < -0.39 is 5.97 Å². The number of amides is 1. The number of nitrogens with one attached hydrogen (secondary N) is 1. The van der Waals surface area contributed by atoms with Crippen molar-refractivity contribution in [2.45, 2.75) is 51.6 Å². The highest BCUT2D eigenvalue weighted by atomic mass is 16.4. The van der Waals surface area contributed by atoms with Gasteiger partial charge in [0.2, 0.25) is 0 Å². The lowest BCUT2D eigenvalue weighted by atomic mass is 9.86. The number of carbonyl (C=O) groups is 2. The van der Waals surface area contributed by atoms with Crippen LogP contribution in [0.5, 0.6) is 0 Å². The Morgan fingerprint density at radius 2 is 1.96 bits per heavy atom. The molecule has 0 unspecified atom stereocenters. The molecule has 0 bridgehead atoms. The molecular weight excluding hydrogens is 308 g/mol. The van der Waals surface area contributed by atoms with Gasteiger partial charge in [-0.05, 0) is 45.6 Å². The highest BCUT2D eigenvalue weighted by Crippen LogP contribution is 2.25. The minimum absolute atomic E-state index is 0.0298. The van der Waals surface area contributed by atoms with Crippen LogP contribution in [0, 0.1) is 5.92 Å². The monoisotopic (exact) mass is 330 g/mol. The second-order valence-electron chi connectivity index (χ2n) is 6.68. The van der Waals surface area contributed by atoms with Crippen LogP contribution in [0.2, 0.25) is 0 Å². The molecule has 2 N–H and O–H groups in total. The summed E-state index contributed by atoms with van der Waals surface area (Å²) in [6.45, 7) is 4.06. The first-order chi connectivity index (χ1) is 11.5. The van der Waals surface area contributed by atoms with E-state index in [2.05, 4.69) is 15.4 Å². The van der Waals surface area contributed by atoms with Crippen molar-refractivity contribution in [1.82, 2.24) is 20.1 Å². The molecule has 7 heteroatoms. The van der Waals surface area contributed by atoms with E-state index in [9.17, 15) is 9.59 Å². The zero-order chi connectivity index (χ0) is 17.3. The second-order valence-corrected chi connectivity index (χ2v) is 6.68. The number of pyridine rings is 1. The van der Waals surface area contributed by atoms with E-state index >= 15 is 0 Å². The maximum Gasteiger partial charge on any atom is 0.306 e. The van der Waals surface area contributed by atoms with Crippen molar-refractivity contribution in [3.05, 3.63) is 24.0 Å². The van der Waals surface area contributed by atoms with Crippen molar-refractivity contribution >= 4 is 22.9 Å². The summed E-state index contributed by atoms with van der Waals surface area (Å²) in [6.07, 6.45) is 5.91. The van der Waals surface area contributed by atoms with E-state index in [1.165, 1.54) is 0 Å². The van der Waals surface area contributed by atoms with E-state index in [0.717, 1.165) is 11.0 Å². The third kappa shape index (κ3) is 3.25. The third-order valence-corrected chi connectivity index (χ3v) is 4.60. The maximum atomic E-state index is 12.4. The number of carboxylic acids is 1. The van der Waals surface area contributed by atoms with Crippen LogP contribution >= 0.6 is 0 Å². The normalized spacial score (nSPS) is 21.1. The third-order valence-electron chi connectivity index (χ3n) is 4.60. The van der Waals surface area contributed by atoms with Crippen LogP contribution in [0.25, 0.3) is 11.0 Å². The van der Waals surface area contributed by atoms with E-state index in [1.54, 1.807) is 18.5 Å². The van der Waals surface area contributed by atoms with Gasteiger partial charge in [0, 0.05) is 23.7 Å². The van der Waals surface area contributed by atoms with E-state index in [0.29, 0.717) is 31.2 Å². The predicted octanol–water partition coefficient (Wildman–Crippen LogP) is 2.39. The molecule has 1 amide bonds. The number of fused-ring (bicyclic) bond motifs is 1. The molecule has 24 heavy (non-hydrogen) atoms. The molecule has 128 valence electrons. The van der Waals surface area contributed by atoms with Crippen molar-refractivity contribution in [3.63, 3.8) is 0 Å². The zero-order valence-electron chi connectivity index (χ0n) is 13.9. The van der Waals surface area contributed by atoms with Crippen molar-refractivity contribution in [3.8, 4) is 0 Å². The van der Waals surface area contributed by atoms with Crippen molar-refractivity contribution in [1.29, 1.82) is 0 Å². The van der Waals surface area contributed by atoms with Crippen molar-refractivity contribution < 1.29 is 14.7 Å². The van der Waals surface area contributed by atoms with Gasteiger partial charge < -0.3 is 10.4 Å². The molecule has 2 heterocycles. The Labute approximate surface area is 140 Å². The lowest BCUT2D eigenvalue weighted by Gasteiger charge is -2.26. The Kier molecular flexibility index (Phi) is 4.51. The summed E-state index contributed by atoms with van der Waals surface area (Å²) < 4.78 is 1.82. The molecule has 0 atom stereocenters. The van der Waals surface area contributed by atoms with Gasteiger partial charge in [0.25, 0.3) is 5.91 Å². The van der Waals surface area contributed by atoms with Crippen molar-refractivity contribution in [2.75, 3.05) is 0 Å². The molecule has 0 saturated heterocycles. The average Bonchev–Trinajstić information content (AvgIpc) is 2.98. The van der Waals surface area contributed by atoms with Gasteiger partial charge in [-0.1, -0.05) is 0 Å². The average molecular weight is 330 g/mol. The van der Waals surface area contributed by atoms with Crippen LogP contribution < -0.4 is 5.32 Å². The van der Waals surface area contributed by atoms with Crippen LogP contribution in [0.3, 0.4) is 0 Å². The number of nitrogens with zero attached hydrogens (tertiary/aromatic N) is 3. The lowest BCUT2D eigenvalue weighted by Crippen LogP contribution is -2.38. The molecule has 2 aromatic rings. The number of hydrogen-bond donors (Lipinski definition) is 2. The molecule has 3 rings (SSSR count). The number of aliphatic carboxylic acids is 1. The fourth-order valence-corrected chi connectivity index (χ4v) is 3.20. The Balaban J connectivity index is 1.67. The summed E-state index contributed by atoms with van der Waals surface area (Å²) in [4.78, 5) is 27.8. The van der Waals surface area contributed by atoms with Crippen LogP contribution in [-0.4, -0.2) is 37.8 Å². The first-order valence-electron chi connectivity index (χ1n) is 8.32. The van der Waals surface area contributed by atoms with E-state index in [4.69, 9.17) is 5.11 Å². The number of carbonyl (C=O) groups excluding carboxylic acids is 1. The van der Waals surface area contributed by atoms with Gasteiger partial charge in [0.1, 0.15) is 0 Å². The van der Waals surface area contributed by atoms with Crippen LogP contribution in [0.4, 0.5) is 0 Å². The van der Waals surface area contributed by atoms with Gasteiger partial charge in [-0.2, -0.15) is 5.10 Å². The number of rotatable bonds is 4. The summed E-state index contributed by atoms with van der Waals surface area (Å²) in [7, 11) is 0. The Morgan fingerprint density at radius 3 is 2.58 bits per heavy atom. The Bertz CT molecular complexity index is 760. The first kappa shape index (κ1) is 16.4. The molecule has 1 aliphatic rings. The highest BCUT2D eigenvalue weighted by molar-refractivity contribution is 5.97. The second kappa shape index (κ2) is 6.59. The zero-order valence-corrected chi connectivity index (χ0v) is 13.9. The van der Waals surface area contributed by atoms with E-state index in [1.807, 2.05) is 18.5 Å². The largest absolute Gasteiger partial charge is 0.481 e. The smallest absolute Gasteiger partial charge is 0.306 e. The molecular formula is C17H22N4O3. The molecule has 0 spiro atoms. The number of hydrogen-bond acceptors (Lipinski definition) is 4. The molecule has 1 saturated carbocycles. The molecule has 0 aromatic carbocycles. The Hall–Kier alpha value is -2.44. The maximum absolute atomic E-state index is 12.4. The van der Waals surface area contributed by atoms with Gasteiger partial charge in [-0.15, -0.1) is 0 Å². The lowest BCUT2D eigenvalue weighted by molar-refractivity contribution is -0.142. The van der Waals surface area contributed by atoms with Gasteiger partial charge in [0.15, 0.2) is 5.65 Å². The number of carboxylic acid groups (broad SMARTS) is 1. The fourth-order valence-electron chi connectivity index (χ4n) is 3.20. The number of aromatic nitrogens is 3. The van der Waals surface area contributed by atoms with Crippen LogP contribution in [0.15, 0.2) is 18.5 Å². The molecule has 1 aliphatic carbocycles. The standard InChI is InChI=1S/C17H22N4O3/c1-10(2)21-15-12(9-19-21)7-13(8-18-15)16(22)20-14-5-3-11(4-6-14)17(23)24/h7-11,14H,3-6H2,1-2H3,(H,20,22)(H,23,24). The van der Waals surface area contributed by atoms with Crippen LogP contribution in [-0.2, 0) is 4.79 Å². The fraction of sp³-hybridized carbons (Fsp3) is 0.529. The topological polar surface area (TPSA) is 97.1 Å². The summed E-state index contributed by atoms with van der Waals surface area (Å²) in [5.74, 6) is -1.19. The molecule has 0 aliphatic heterocycles. The quantitative estimate of drug-likeness (QED) is 0.897. The molecule has 7 nitrogen and oxygen atoms in total. The van der Waals surface area contributed by atoms with Gasteiger partial charge in [-0.3, -0.25) is 9.59 Å². The molecule has 0 radical (unpaired) electrons. The summed E-state index contributed by atoms with van der Waals surface area (Å²) >= 11 is 0. The van der Waals surface area contributed by atoms with E-state index in [-0.39, 0.29) is 23.9 Å². The minimum atomic E-state index is -0.739. The summed E-state index contributed by atoms with van der Waals surface area (Å²) in [6, 6.07) is 2.04. The SMILES string of the molecule is CC(C)n1ncc2cc(C(=O)NC3CCC(C(=O)O)CC3)cnc21. The predicted molar refractivity (Wildman–Crippen MR) is 88.8 cm³/mol. The van der Waals surface area contributed by atoms with Crippen LogP contribution in [0.1, 0.15) is 55.9 Å². The van der Waals surface area contributed by atoms with Gasteiger partial charge >= 0.3 is 5.97 Å². The van der Waals surface area contributed by atoms with Gasteiger partial charge in [0.05, 0.1) is 17.7 Å². The van der Waals surface area contributed by atoms with Gasteiger partial charge in [-0.25, -0.2) is 9.67 Å². The van der Waals surface area contributed by atoms with Crippen molar-refractivity contribution in [2.24, 2.45) is 5.92 Å².